The predicted molar refractivity (Wildman–Crippen MR) is 75.7 cm³/mol. The molecule has 1 atom stereocenters. The average molecular weight is 380 g/mol. The molecule has 0 aliphatic carbocycles. The lowest BCUT2D eigenvalue weighted by Crippen LogP contribution is -1.94. The van der Waals surface area contributed by atoms with Gasteiger partial charge in [-0.2, -0.15) is 0 Å². The lowest BCUT2D eigenvalue weighted by Gasteiger charge is -2.10. The second-order valence-electron chi connectivity index (χ2n) is 3.44. The monoisotopic (exact) mass is 378 g/mol. The highest BCUT2D eigenvalue weighted by molar-refractivity contribution is 9.11. The zero-order valence-corrected chi connectivity index (χ0v) is 12.9. The van der Waals surface area contributed by atoms with Crippen LogP contribution in [0.15, 0.2) is 33.4 Å². The lowest BCUT2D eigenvalue weighted by atomic mass is 10.1. The fourth-order valence-corrected chi connectivity index (χ4v) is 3.41. The van der Waals surface area contributed by atoms with E-state index >= 15 is 0 Å². The molecular weight excluding hydrogens is 371 g/mol. The summed E-state index contributed by atoms with van der Waals surface area (Å²) in [5.74, 6) is -0.0799. The molecule has 0 radical (unpaired) electrons. The van der Waals surface area contributed by atoms with Crippen LogP contribution in [0.25, 0.3) is 0 Å². The molecule has 0 amide bonds. The number of ether oxygens (including phenoxy) is 1. The molecule has 0 aliphatic rings. The van der Waals surface area contributed by atoms with Gasteiger partial charge in [-0.3, -0.25) is 0 Å². The Morgan fingerprint density at radius 2 is 2.06 bits per heavy atom. The Hall–Kier alpha value is -0.390. The third kappa shape index (κ3) is 2.89. The van der Waals surface area contributed by atoms with Crippen LogP contribution in [-0.2, 0) is 0 Å². The topological polar surface area (TPSA) is 9.23 Å². The SMILES string of the molecule is COc1ccc(C(Br)c2csc(Br)c2)cc1F. The normalized spacial score (nSPS) is 12.5. The quantitative estimate of drug-likeness (QED) is 0.670. The molecule has 1 aromatic heterocycles. The van der Waals surface area contributed by atoms with Gasteiger partial charge in [-0.05, 0) is 50.6 Å². The van der Waals surface area contributed by atoms with Gasteiger partial charge in [-0.1, -0.05) is 22.0 Å². The molecule has 1 aromatic carbocycles. The van der Waals surface area contributed by atoms with Crippen LogP contribution < -0.4 is 4.74 Å². The van der Waals surface area contributed by atoms with Crippen LogP contribution in [0.1, 0.15) is 16.0 Å². The Balaban J connectivity index is 2.31. The summed E-state index contributed by atoms with van der Waals surface area (Å²) in [7, 11) is 1.46. The first-order valence-corrected chi connectivity index (χ1v) is 7.42. The fraction of sp³-hybridized carbons (Fsp3) is 0.167. The van der Waals surface area contributed by atoms with E-state index in [1.54, 1.807) is 17.4 Å². The van der Waals surface area contributed by atoms with E-state index in [0.29, 0.717) is 0 Å². The van der Waals surface area contributed by atoms with Crippen LogP contribution in [-0.4, -0.2) is 7.11 Å². The molecule has 0 aliphatic heterocycles. The van der Waals surface area contributed by atoms with Gasteiger partial charge in [0.25, 0.3) is 0 Å². The van der Waals surface area contributed by atoms with Crippen LogP contribution in [0.3, 0.4) is 0 Å². The zero-order chi connectivity index (χ0) is 12.4. The van der Waals surface area contributed by atoms with Crippen molar-refractivity contribution in [2.45, 2.75) is 4.83 Å². The summed E-state index contributed by atoms with van der Waals surface area (Å²) in [6.45, 7) is 0. The maximum Gasteiger partial charge on any atom is 0.165 e. The van der Waals surface area contributed by atoms with Gasteiger partial charge in [0.2, 0.25) is 0 Å². The molecule has 0 saturated heterocycles. The van der Waals surface area contributed by atoms with E-state index in [4.69, 9.17) is 4.74 Å². The second kappa shape index (κ2) is 5.50. The number of methoxy groups -OCH3 is 1. The Morgan fingerprint density at radius 3 is 2.59 bits per heavy atom. The van der Waals surface area contributed by atoms with Crippen molar-refractivity contribution in [3.63, 3.8) is 0 Å². The summed E-state index contributed by atoms with van der Waals surface area (Å²) in [5, 5.41) is 2.03. The van der Waals surface area contributed by atoms with E-state index in [2.05, 4.69) is 31.9 Å². The van der Waals surface area contributed by atoms with Gasteiger partial charge in [0.15, 0.2) is 11.6 Å². The molecule has 1 nitrogen and oxygen atoms in total. The molecule has 2 rings (SSSR count). The van der Waals surface area contributed by atoms with Crippen molar-refractivity contribution < 1.29 is 9.13 Å². The lowest BCUT2D eigenvalue weighted by molar-refractivity contribution is 0.386. The highest BCUT2D eigenvalue weighted by atomic mass is 79.9. The first-order chi connectivity index (χ1) is 8.11. The largest absolute Gasteiger partial charge is 0.494 e. The molecule has 1 heterocycles. The zero-order valence-electron chi connectivity index (χ0n) is 8.91. The summed E-state index contributed by atoms with van der Waals surface area (Å²) in [6.07, 6.45) is 0. The first-order valence-electron chi connectivity index (χ1n) is 4.83. The van der Waals surface area contributed by atoms with Crippen LogP contribution in [0, 0.1) is 5.82 Å². The van der Waals surface area contributed by atoms with Gasteiger partial charge in [0.05, 0.1) is 15.7 Å². The van der Waals surface area contributed by atoms with Gasteiger partial charge in [-0.15, -0.1) is 11.3 Å². The molecule has 0 saturated carbocycles. The van der Waals surface area contributed by atoms with E-state index in [0.717, 1.165) is 14.9 Å². The molecule has 0 bridgehead atoms. The van der Waals surface area contributed by atoms with Crippen molar-refractivity contribution in [1.82, 2.24) is 0 Å². The number of hydrogen-bond acceptors (Lipinski definition) is 2. The van der Waals surface area contributed by atoms with Crippen LogP contribution in [0.5, 0.6) is 5.75 Å². The third-order valence-electron chi connectivity index (χ3n) is 2.35. The molecule has 0 fully saturated rings. The molecule has 5 heteroatoms. The van der Waals surface area contributed by atoms with E-state index in [9.17, 15) is 4.39 Å². The smallest absolute Gasteiger partial charge is 0.165 e. The van der Waals surface area contributed by atoms with E-state index < -0.39 is 0 Å². The summed E-state index contributed by atoms with van der Waals surface area (Å²) < 4.78 is 19.5. The Labute approximate surface area is 120 Å². The molecule has 2 aromatic rings. The van der Waals surface area contributed by atoms with E-state index in [1.165, 1.54) is 13.2 Å². The predicted octanol–water partition coefficient (Wildman–Crippen LogP) is 5.14. The van der Waals surface area contributed by atoms with Crippen molar-refractivity contribution >= 4 is 43.2 Å². The van der Waals surface area contributed by atoms with E-state index in [-0.39, 0.29) is 16.4 Å². The van der Waals surface area contributed by atoms with Crippen molar-refractivity contribution in [3.8, 4) is 5.75 Å². The van der Waals surface area contributed by atoms with Gasteiger partial charge < -0.3 is 4.74 Å². The molecule has 1 unspecified atom stereocenters. The van der Waals surface area contributed by atoms with Crippen molar-refractivity contribution in [2.24, 2.45) is 0 Å². The number of hydrogen-bond donors (Lipinski definition) is 0. The standard InChI is InChI=1S/C12H9Br2FOS/c1-16-10-3-2-7(4-9(10)15)12(14)8-5-11(13)17-6-8/h2-6,12H,1H3. The minimum atomic E-state index is -0.344. The maximum absolute atomic E-state index is 13.6. The second-order valence-corrected chi connectivity index (χ2v) is 6.65. The van der Waals surface area contributed by atoms with Crippen molar-refractivity contribution in [3.05, 3.63) is 50.4 Å². The van der Waals surface area contributed by atoms with E-state index in [1.807, 2.05) is 17.5 Å². The number of thiophene rings is 1. The third-order valence-corrected chi connectivity index (χ3v) is 4.93. The number of benzene rings is 1. The minimum Gasteiger partial charge on any atom is -0.494 e. The molecule has 0 spiro atoms. The van der Waals surface area contributed by atoms with Crippen LogP contribution in [0.2, 0.25) is 0 Å². The Kier molecular flexibility index (Phi) is 4.22. The van der Waals surface area contributed by atoms with Crippen LogP contribution in [0.4, 0.5) is 4.39 Å². The highest BCUT2D eigenvalue weighted by Crippen LogP contribution is 2.36. The molecule has 0 N–H and O–H groups in total. The summed E-state index contributed by atoms with van der Waals surface area (Å²) in [4.78, 5) is -0.00884. The fourth-order valence-electron chi connectivity index (χ4n) is 1.49. The van der Waals surface area contributed by atoms with Gasteiger partial charge in [-0.25, -0.2) is 4.39 Å². The molecule has 17 heavy (non-hydrogen) atoms. The van der Waals surface area contributed by atoms with Crippen molar-refractivity contribution in [2.75, 3.05) is 7.11 Å². The molecule has 90 valence electrons. The van der Waals surface area contributed by atoms with Crippen molar-refractivity contribution in [1.29, 1.82) is 0 Å². The van der Waals surface area contributed by atoms with Gasteiger partial charge in [0.1, 0.15) is 0 Å². The number of halogens is 3. The Morgan fingerprint density at radius 1 is 1.29 bits per heavy atom. The maximum atomic E-state index is 13.6. The summed E-state index contributed by atoms with van der Waals surface area (Å²) >= 11 is 8.59. The summed E-state index contributed by atoms with van der Waals surface area (Å²) in [6, 6.07) is 7.00. The molecular formula is C12H9Br2FOS. The Bertz CT molecular complexity index is 527. The van der Waals surface area contributed by atoms with Crippen LogP contribution >= 0.6 is 43.2 Å². The number of alkyl halides is 1. The summed E-state index contributed by atoms with van der Waals surface area (Å²) in [5.41, 5.74) is 1.97. The van der Waals surface area contributed by atoms with Gasteiger partial charge in [0, 0.05) is 0 Å². The van der Waals surface area contributed by atoms with Gasteiger partial charge >= 0.3 is 0 Å². The first kappa shape index (κ1) is 13.1. The highest BCUT2D eigenvalue weighted by Gasteiger charge is 2.14. The number of rotatable bonds is 3. The average Bonchev–Trinajstić information content (AvgIpc) is 2.75. The minimum absolute atomic E-state index is 0.00884.